The van der Waals surface area contributed by atoms with Crippen molar-refractivity contribution < 1.29 is 4.79 Å². The summed E-state index contributed by atoms with van der Waals surface area (Å²) in [6.45, 7) is 2.01. The van der Waals surface area contributed by atoms with E-state index in [0.29, 0.717) is 17.4 Å². The third-order valence-corrected chi connectivity index (χ3v) is 6.73. The first-order valence-electron chi connectivity index (χ1n) is 10.8. The van der Waals surface area contributed by atoms with Gasteiger partial charge in [-0.1, -0.05) is 78.4 Å². The lowest BCUT2D eigenvalue weighted by Crippen LogP contribution is -2.32. The molecule has 4 heteroatoms. The minimum absolute atomic E-state index is 0.0639. The van der Waals surface area contributed by atoms with Gasteiger partial charge in [-0.25, -0.2) is 0 Å². The van der Waals surface area contributed by atoms with Crippen LogP contribution in [0.2, 0.25) is 5.02 Å². The van der Waals surface area contributed by atoms with Crippen LogP contribution in [0, 0.1) is 5.92 Å². The zero-order chi connectivity index (χ0) is 21.4. The number of para-hydroxylation sites is 1. The molecule has 3 aromatic carbocycles. The number of fused-ring (bicyclic) bond motifs is 3. The van der Waals surface area contributed by atoms with E-state index in [-0.39, 0.29) is 18.0 Å². The molecule has 2 aliphatic rings. The Balaban J connectivity index is 1.49. The number of benzene rings is 3. The fraction of sp³-hybridized carbons (Fsp3) is 0.222. The van der Waals surface area contributed by atoms with Crippen LogP contribution in [0.3, 0.4) is 0 Å². The molecule has 156 valence electrons. The van der Waals surface area contributed by atoms with E-state index in [0.717, 1.165) is 28.3 Å². The van der Waals surface area contributed by atoms with Gasteiger partial charge in [0.2, 0.25) is 0 Å². The minimum Gasteiger partial charge on any atom is -0.377 e. The predicted molar refractivity (Wildman–Crippen MR) is 127 cm³/mol. The summed E-state index contributed by atoms with van der Waals surface area (Å²) < 4.78 is 0. The number of rotatable bonds is 4. The van der Waals surface area contributed by atoms with Gasteiger partial charge in [0.15, 0.2) is 0 Å². The molecule has 1 amide bonds. The van der Waals surface area contributed by atoms with Gasteiger partial charge in [-0.15, -0.1) is 0 Å². The number of carbonyl (C=O) groups excluding carboxylic acids is 1. The molecule has 3 nitrogen and oxygen atoms in total. The van der Waals surface area contributed by atoms with E-state index in [1.807, 2.05) is 67.6 Å². The number of nitrogens with one attached hydrogen (secondary N) is 2. The summed E-state index contributed by atoms with van der Waals surface area (Å²) >= 11 is 6.30. The van der Waals surface area contributed by atoms with Crippen LogP contribution < -0.4 is 10.6 Å². The Hall–Kier alpha value is -3.04. The van der Waals surface area contributed by atoms with E-state index < -0.39 is 0 Å². The molecule has 0 fully saturated rings. The highest BCUT2D eigenvalue weighted by Gasteiger charge is 2.39. The molecular weight excluding hydrogens is 404 g/mol. The zero-order valence-electron chi connectivity index (χ0n) is 17.4. The molecular formula is C27H25ClN2O. The molecule has 5 rings (SSSR count). The number of anilines is 1. The normalized spacial score (nSPS) is 22.2. The second-order valence-corrected chi connectivity index (χ2v) is 8.84. The maximum Gasteiger partial charge on any atom is 0.253 e. The van der Waals surface area contributed by atoms with Gasteiger partial charge in [-0.05, 0) is 54.2 Å². The lowest BCUT2D eigenvalue weighted by Gasteiger charge is -2.38. The largest absolute Gasteiger partial charge is 0.377 e. The Morgan fingerprint density at radius 2 is 1.87 bits per heavy atom. The molecule has 0 saturated carbocycles. The van der Waals surface area contributed by atoms with E-state index in [4.69, 9.17) is 11.6 Å². The first-order chi connectivity index (χ1) is 15.1. The molecule has 1 aliphatic heterocycles. The van der Waals surface area contributed by atoms with Crippen LogP contribution in [0.25, 0.3) is 0 Å². The van der Waals surface area contributed by atoms with Crippen molar-refractivity contribution >= 4 is 23.2 Å². The molecule has 0 saturated heterocycles. The van der Waals surface area contributed by atoms with Crippen molar-refractivity contribution in [2.75, 3.05) is 5.32 Å². The van der Waals surface area contributed by atoms with Crippen LogP contribution in [-0.2, 0) is 0 Å². The Labute approximate surface area is 188 Å². The second-order valence-electron chi connectivity index (χ2n) is 8.41. The van der Waals surface area contributed by atoms with Gasteiger partial charge in [0, 0.05) is 10.9 Å². The predicted octanol–water partition coefficient (Wildman–Crippen LogP) is 6.66. The fourth-order valence-corrected chi connectivity index (χ4v) is 5.14. The Morgan fingerprint density at radius 3 is 2.68 bits per heavy atom. The van der Waals surface area contributed by atoms with Crippen molar-refractivity contribution in [1.82, 2.24) is 5.32 Å². The first kappa shape index (κ1) is 19.9. The average molecular weight is 429 g/mol. The van der Waals surface area contributed by atoms with Gasteiger partial charge in [0.1, 0.15) is 0 Å². The molecule has 0 radical (unpaired) electrons. The summed E-state index contributed by atoms with van der Waals surface area (Å²) in [7, 11) is 0. The highest BCUT2D eigenvalue weighted by atomic mass is 35.5. The highest BCUT2D eigenvalue weighted by Crippen LogP contribution is 2.50. The number of halogens is 1. The number of amides is 1. The van der Waals surface area contributed by atoms with Gasteiger partial charge in [0.05, 0.1) is 23.3 Å². The smallest absolute Gasteiger partial charge is 0.253 e. The molecule has 0 bridgehead atoms. The number of carbonyl (C=O) groups is 1. The van der Waals surface area contributed by atoms with Gasteiger partial charge < -0.3 is 10.6 Å². The maximum absolute atomic E-state index is 13.3. The Bertz CT molecular complexity index is 1140. The molecule has 1 aliphatic carbocycles. The van der Waals surface area contributed by atoms with E-state index in [1.54, 1.807) is 0 Å². The third kappa shape index (κ3) is 3.75. The third-order valence-electron chi connectivity index (χ3n) is 6.50. The Morgan fingerprint density at radius 1 is 1.06 bits per heavy atom. The lowest BCUT2D eigenvalue weighted by molar-refractivity contribution is 0.0940. The summed E-state index contributed by atoms with van der Waals surface area (Å²) in [5, 5.41) is 7.61. The molecule has 4 atom stereocenters. The van der Waals surface area contributed by atoms with Crippen molar-refractivity contribution in [3.8, 4) is 0 Å². The summed E-state index contributed by atoms with van der Waals surface area (Å²) in [6.07, 6.45) is 5.56. The Kier molecular flexibility index (Phi) is 5.29. The van der Waals surface area contributed by atoms with Crippen molar-refractivity contribution in [2.45, 2.75) is 31.3 Å². The number of allylic oxidation sites excluding steroid dienone is 2. The topological polar surface area (TPSA) is 41.1 Å². The van der Waals surface area contributed by atoms with Crippen LogP contribution >= 0.6 is 11.6 Å². The van der Waals surface area contributed by atoms with Crippen LogP contribution in [0.15, 0.2) is 84.9 Å². The van der Waals surface area contributed by atoms with Crippen molar-refractivity contribution in [3.63, 3.8) is 0 Å². The first-order valence-corrected chi connectivity index (χ1v) is 11.2. The molecule has 31 heavy (non-hydrogen) atoms. The van der Waals surface area contributed by atoms with E-state index in [9.17, 15) is 4.79 Å². The number of hydrogen-bond acceptors (Lipinski definition) is 2. The van der Waals surface area contributed by atoms with Crippen molar-refractivity contribution in [2.24, 2.45) is 5.92 Å². The molecule has 2 N–H and O–H groups in total. The standard InChI is InChI=1S/C27H25ClN2O/c1-17(18-8-3-2-4-9-18)29-27(31)24-15-7-14-23-21-12-6-13-22(21)25(30-26(23)24)19-10-5-11-20(28)16-19/h2-12,14-17,21-22,25,30H,13H2,1H3,(H,29,31). The monoisotopic (exact) mass is 428 g/mol. The molecule has 0 aromatic heterocycles. The molecule has 3 aromatic rings. The summed E-state index contributed by atoms with van der Waals surface area (Å²) in [5.74, 6) is 0.637. The van der Waals surface area contributed by atoms with Gasteiger partial charge >= 0.3 is 0 Å². The van der Waals surface area contributed by atoms with Crippen LogP contribution in [-0.4, -0.2) is 5.91 Å². The van der Waals surface area contributed by atoms with E-state index in [1.165, 1.54) is 5.56 Å². The fourth-order valence-electron chi connectivity index (χ4n) is 4.94. The minimum atomic E-state index is -0.0731. The van der Waals surface area contributed by atoms with Crippen LogP contribution in [0.4, 0.5) is 5.69 Å². The average Bonchev–Trinajstić information content (AvgIpc) is 3.29. The summed E-state index contributed by atoms with van der Waals surface area (Å²) in [4.78, 5) is 13.3. The van der Waals surface area contributed by atoms with Gasteiger partial charge in [-0.2, -0.15) is 0 Å². The van der Waals surface area contributed by atoms with E-state index in [2.05, 4.69) is 34.9 Å². The zero-order valence-corrected chi connectivity index (χ0v) is 18.1. The number of hydrogen-bond donors (Lipinski definition) is 2. The van der Waals surface area contributed by atoms with Gasteiger partial charge in [0.25, 0.3) is 5.91 Å². The van der Waals surface area contributed by atoms with Gasteiger partial charge in [-0.3, -0.25) is 4.79 Å². The quantitative estimate of drug-likeness (QED) is 0.456. The second kappa shape index (κ2) is 8.24. The van der Waals surface area contributed by atoms with Crippen molar-refractivity contribution in [1.29, 1.82) is 0 Å². The summed E-state index contributed by atoms with van der Waals surface area (Å²) in [5.41, 5.74) is 5.05. The van der Waals surface area contributed by atoms with E-state index >= 15 is 0 Å². The van der Waals surface area contributed by atoms with Crippen LogP contribution in [0.5, 0.6) is 0 Å². The SMILES string of the molecule is CC(NC(=O)c1cccc2c1NC(c1cccc(Cl)c1)C1CC=CC21)c1ccccc1. The summed E-state index contributed by atoms with van der Waals surface area (Å²) in [6, 6.07) is 24.1. The molecule has 1 heterocycles. The lowest BCUT2D eigenvalue weighted by atomic mass is 9.76. The molecule has 4 unspecified atom stereocenters. The van der Waals surface area contributed by atoms with Crippen molar-refractivity contribution in [3.05, 3.63) is 112 Å². The van der Waals surface area contributed by atoms with Crippen LogP contribution in [0.1, 0.15) is 58.4 Å². The maximum atomic E-state index is 13.3. The molecule has 0 spiro atoms. The highest BCUT2D eigenvalue weighted by molar-refractivity contribution is 6.30.